The lowest BCUT2D eigenvalue weighted by Gasteiger charge is -2.08. The van der Waals surface area contributed by atoms with E-state index in [0.29, 0.717) is 18.1 Å². The van der Waals surface area contributed by atoms with Crippen LogP contribution in [0.5, 0.6) is 0 Å². The SMILES string of the molecule is COCCCCCNc1nc(C(=O)O)ccc1N. The number of nitrogens with two attached hydrogens (primary N) is 1. The lowest BCUT2D eigenvalue weighted by molar-refractivity contribution is 0.0690. The number of aromatic carboxylic acids is 1. The molecule has 1 rings (SSSR count). The Bertz CT molecular complexity index is 396. The molecule has 0 aromatic carbocycles. The molecule has 18 heavy (non-hydrogen) atoms. The zero-order valence-electron chi connectivity index (χ0n) is 10.5. The summed E-state index contributed by atoms with van der Waals surface area (Å²) in [7, 11) is 1.68. The van der Waals surface area contributed by atoms with Crippen LogP contribution in [-0.2, 0) is 4.74 Å². The van der Waals surface area contributed by atoms with E-state index in [4.69, 9.17) is 15.6 Å². The summed E-state index contributed by atoms with van der Waals surface area (Å²) >= 11 is 0. The fourth-order valence-electron chi connectivity index (χ4n) is 1.49. The maximum atomic E-state index is 10.8. The van der Waals surface area contributed by atoms with Crippen molar-refractivity contribution in [3.05, 3.63) is 17.8 Å². The summed E-state index contributed by atoms with van der Waals surface area (Å²) < 4.78 is 4.95. The molecule has 0 aliphatic heterocycles. The van der Waals surface area contributed by atoms with Gasteiger partial charge in [0, 0.05) is 20.3 Å². The topological polar surface area (TPSA) is 97.5 Å². The van der Waals surface area contributed by atoms with Crippen molar-refractivity contribution in [2.24, 2.45) is 0 Å². The monoisotopic (exact) mass is 253 g/mol. The largest absolute Gasteiger partial charge is 0.477 e. The van der Waals surface area contributed by atoms with E-state index in [9.17, 15) is 4.79 Å². The van der Waals surface area contributed by atoms with Crippen LogP contribution in [0.3, 0.4) is 0 Å². The molecule has 1 aromatic heterocycles. The minimum Gasteiger partial charge on any atom is -0.477 e. The van der Waals surface area contributed by atoms with Crippen LogP contribution in [-0.4, -0.2) is 36.3 Å². The Morgan fingerprint density at radius 1 is 1.44 bits per heavy atom. The predicted octanol–water partition coefficient (Wildman–Crippen LogP) is 1.59. The minimum atomic E-state index is -1.06. The first-order chi connectivity index (χ1) is 8.65. The summed E-state index contributed by atoms with van der Waals surface area (Å²) in [6.07, 6.45) is 3.01. The summed E-state index contributed by atoms with van der Waals surface area (Å²) in [4.78, 5) is 14.7. The number of hydrogen-bond donors (Lipinski definition) is 3. The highest BCUT2D eigenvalue weighted by molar-refractivity contribution is 5.86. The zero-order chi connectivity index (χ0) is 13.4. The van der Waals surface area contributed by atoms with Crippen molar-refractivity contribution in [1.29, 1.82) is 0 Å². The number of unbranched alkanes of at least 4 members (excludes halogenated alkanes) is 2. The van der Waals surface area contributed by atoms with Crippen molar-refractivity contribution in [2.45, 2.75) is 19.3 Å². The van der Waals surface area contributed by atoms with Gasteiger partial charge in [0.05, 0.1) is 5.69 Å². The summed E-state index contributed by atoms with van der Waals surface area (Å²) in [6, 6.07) is 2.94. The van der Waals surface area contributed by atoms with Crippen LogP contribution in [0.4, 0.5) is 11.5 Å². The number of pyridine rings is 1. The first-order valence-electron chi connectivity index (χ1n) is 5.87. The number of carboxylic acids is 1. The quantitative estimate of drug-likeness (QED) is 0.609. The summed E-state index contributed by atoms with van der Waals surface area (Å²) in [6.45, 7) is 1.47. The molecule has 0 bridgehead atoms. The number of nitrogens with zero attached hydrogens (tertiary/aromatic N) is 1. The smallest absolute Gasteiger partial charge is 0.354 e. The van der Waals surface area contributed by atoms with Crippen LogP contribution >= 0.6 is 0 Å². The van der Waals surface area contributed by atoms with Gasteiger partial charge in [-0.05, 0) is 31.4 Å². The summed E-state index contributed by atoms with van der Waals surface area (Å²) in [5, 5.41) is 11.9. The zero-order valence-corrected chi connectivity index (χ0v) is 10.5. The van der Waals surface area contributed by atoms with Crippen molar-refractivity contribution in [3.63, 3.8) is 0 Å². The molecule has 0 unspecified atom stereocenters. The van der Waals surface area contributed by atoms with Gasteiger partial charge in [-0.15, -0.1) is 0 Å². The van der Waals surface area contributed by atoms with Crippen LogP contribution in [0, 0.1) is 0 Å². The molecule has 0 fully saturated rings. The van der Waals surface area contributed by atoms with Crippen LogP contribution in [0.2, 0.25) is 0 Å². The molecule has 4 N–H and O–H groups in total. The minimum absolute atomic E-state index is 0.00826. The van der Waals surface area contributed by atoms with Crippen LogP contribution < -0.4 is 11.1 Å². The Hall–Kier alpha value is -1.82. The molecule has 0 aliphatic rings. The van der Waals surface area contributed by atoms with Crippen molar-refractivity contribution < 1.29 is 14.6 Å². The fourth-order valence-corrected chi connectivity index (χ4v) is 1.49. The molecule has 0 aliphatic carbocycles. The number of hydrogen-bond acceptors (Lipinski definition) is 5. The number of carboxylic acid groups (broad SMARTS) is 1. The molecule has 0 spiro atoms. The molecular formula is C12H19N3O3. The van der Waals surface area contributed by atoms with Crippen molar-refractivity contribution in [2.75, 3.05) is 31.3 Å². The number of rotatable bonds is 8. The van der Waals surface area contributed by atoms with Gasteiger partial charge in [0.25, 0.3) is 0 Å². The van der Waals surface area contributed by atoms with E-state index in [2.05, 4.69) is 10.3 Å². The molecule has 0 atom stereocenters. The maximum Gasteiger partial charge on any atom is 0.354 e. The molecular weight excluding hydrogens is 234 g/mol. The highest BCUT2D eigenvalue weighted by Gasteiger charge is 2.07. The Balaban J connectivity index is 2.41. The van der Waals surface area contributed by atoms with Crippen molar-refractivity contribution >= 4 is 17.5 Å². The molecule has 1 heterocycles. The molecule has 6 nitrogen and oxygen atoms in total. The second-order valence-corrected chi connectivity index (χ2v) is 3.92. The second kappa shape index (κ2) is 7.50. The van der Waals surface area contributed by atoms with Crippen LogP contribution in [0.1, 0.15) is 29.8 Å². The third-order valence-corrected chi connectivity index (χ3v) is 2.46. The first-order valence-corrected chi connectivity index (χ1v) is 5.87. The van der Waals surface area contributed by atoms with Crippen molar-refractivity contribution in [1.82, 2.24) is 4.98 Å². The van der Waals surface area contributed by atoms with Gasteiger partial charge in [0.2, 0.25) is 0 Å². The Morgan fingerprint density at radius 2 is 2.22 bits per heavy atom. The van der Waals surface area contributed by atoms with Gasteiger partial charge in [0.1, 0.15) is 5.82 Å². The van der Waals surface area contributed by atoms with Crippen LogP contribution in [0.15, 0.2) is 12.1 Å². The van der Waals surface area contributed by atoms with Gasteiger partial charge in [-0.1, -0.05) is 0 Å². The van der Waals surface area contributed by atoms with Gasteiger partial charge < -0.3 is 20.9 Å². The molecule has 100 valence electrons. The number of nitrogen functional groups attached to an aromatic ring is 1. The predicted molar refractivity (Wildman–Crippen MR) is 69.8 cm³/mol. The van der Waals surface area contributed by atoms with Gasteiger partial charge in [-0.25, -0.2) is 9.78 Å². The van der Waals surface area contributed by atoms with Crippen molar-refractivity contribution in [3.8, 4) is 0 Å². The summed E-state index contributed by atoms with van der Waals surface area (Å²) in [5.74, 6) is -0.625. The van der Waals surface area contributed by atoms with Gasteiger partial charge in [0.15, 0.2) is 5.69 Å². The van der Waals surface area contributed by atoms with E-state index in [-0.39, 0.29) is 5.69 Å². The third-order valence-electron chi connectivity index (χ3n) is 2.46. The van der Waals surface area contributed by atoms with E-state index in [1.807, 2.05) is 0 Å². The number of anilines is 2. The first kappa shape index (κ1) is 14.2. The van der Waals surface area contributed by atoms with Crippen LogP contribution in [0.25, 0.3) is 0 Å². The van der Waals surface area contributed by atoms with Gasteiger partial charge in [-0.2, -0.15) is 0 Å². The van der Waals surface area contributed by atoms with Gasteiger partial charge >= 0.3 is 5.97 Å². The normalized spacial score (nSPS) is 10.3. The highest BCUT2D eigenvalue weighted by Crippen LogP contribution is 2.15. The molecule has 0 saturated carbocycles. The third kappa shape index (κ3) is 4.58. The van der Waals surface area contributed by atoms with E-state index in [1.54, 1.807) is 13.2 Å². The number of nitrogens with one attached hydrogen (secondary N) is 1. The fraction of sp³-hybridized carbons (Fsp3) is 0.500. The van der Waals surface area contributed by atoms with E-state index in [1.165, 1.54) is 6.07 Å². The maximum absolute atomic E-state index is 10.8. The lowest BCUT2D eigenvalue weighted by Crippen LogP contribution is -2.09. The molecule has 0 amide bonds. The van der Waals surface area contributed by atoms with E-state index in [0.717, 1.165) is 25.9 Å². The average Bonchev–Trinajstić information content (AvgIpc) is 2.35. The Labute approximate surface area is 106 Å². The molecule has 1 aromatic rings. The lowest BCUT2D eigenvalue weighted by atomic mass is 10.2. The number of methoxy groups -OCH3 is 1. The van der Waals surface area contributed by atoms with E-state index >= 15 is 0 Å². The molecule has 0 saturated heterocycles. The second-order valence-electron chi connectivity index (χ2n) is 3.92. The average molecular weight is 253 g/mol. The Morgan fingerprint density at radius 3 is 2.89 bits per heavy atom. The van der Waals surface area contributed by atoms with E-state index < -0.39 is 5.97 Å². The number of ether oxygens (including phenoxy) is 1. The number of carbonyl (C=O) groups is 1. The highest BCUT2D eigenvalue weighted by atomic mass is 16.5. The number of aromatic nitrogens is 1. The standard InChI is InChI=1S/C12H19N3O3/c1-18-8-4-2-3-7-14-11-9(13)5-6-10(15-11)12(16)17/h5-6H,2-4,7-8,13H2,1H3,(H,14,15)(H,16,17). The van der Waals surface area contributed by atoms with Gasteiger partial charge in [-0.3, -0.25) is 0 Å². The molecule has 0 radical (unpaired) electrons. The Kier molecular flexibility index (Phi) is 5.93. The molecule has 6 heteroatoms. The summed E-state index contributed by atoms with van der Waals surface area (Å²) in [5.41, 5.74) is 6.16.